The summed E-state index contributed by atoms with van der Waals surface area (Å²) >= 11 is 0. The molecule has 3 aromatic rings. The van der Waals surface area contributed by atoms with Crippen molar-refractivity contribution in [2.45, 2.75) is 12.3 Å². The summed E-state index contributed by atoms with van der Waals surface area (Å²) < 4.78 is 45.6. The highest BCUT2D eigenvalue weighted by molar-refractivity contribution is 6.44. The summed E-state index contributed by atoms with van der Waals surface area (Å²) in [5.74, 6) is -2.93. The highest BCUT2D eigenvalue weighted by Crippen LogP contribution is 2.34. The van der Waals surface area contributed by atoms with E-state index in [1.54, 1.807) is 53.4 Å². The van der Waals surface area contributed by atoms with Crippen molar-refractivity contribution in [1.29, 1.82) is 0 Å². The topological polar surface area (TPSA) is 100 Å². The molecular weight excluding hydrogens is 513 g/mol. The molecule has 0 saturated carbocycles. The third-order valence-electron chi connectivity index (χ3n) is 6.39. The molecule has 8 nitrogen and oxygen atoms in total. The van der Waals surface area contributed by atoms with E-state index in [-0.39, 0.29) is 37.6 Å². The lowest BCUT2D eigenvalue weighted by atomic mass is 10.0. The lowest BCUT2D eigenvalue weighted by molar-refractivity contribution is -0.137. The van der Waals surface area contributed by atoms with Crippen LogP contribution in [-0.4, -0.2) is 55.8 Å². The monoisotopic (exact) mass is 536 g/mol. The van der Waals surface area contributed by atoms with E-state index in [0.717, 1.165) is 18.2 Å². The number of carbonyl (C=O) groups is 3. The van der Waals surface area contributed by atoms with Crippen LogP contribution in [0.3, 0.4) is 0 Å². The van der Waals surface area contributed by atoms with Crippen LogP contribution in [0.25, 0.3) is 0 Å². The fraction of sp³-hybridized carbons (Fsp3) is 0.214. The second-order valence-corrected chi connectivity index (χ2v) is 8.91. The van der Waals surface area contributed by atoms with Crippen LogP contribution in [0, 0.1) is 0 Å². The molecule has 2 N–H and O–H groups in total. The van der Waals surface area contributed by atoms with E-state index in [1.165, 1.54) is 0 Å². The largest absolute Gasteiger partial charge is 0.416 e. The van der Waals surface area contributed by atoms with Gasteiger partial charge in [-0.15, -0.1) is 0 Å². The van der Waals surface area contributed by atoms with E-state index < -0.39 is 35.5 Å². The molecule has 39 heavy (non-hydrogen) atoms. The van der Waals surface area contributed by atoms with Gasteiger partial charge >= 0.3 is 6.18 Å². The molecule has 2 aliphatic heterocycles. The maximum atomic E-state index is 13.4. The van der Waals surface area contributed by atoms with Crippen molar-refractivity contribution >= 4 is 34.7 Å². The van der Waals surface area contributed by atoms with Crippen LogP contribution in [0.2, 0.25) is 0 Å². The Kier molecular flexibility index (Phi) is 7.16. The van der Waals surface area contributed by atoms with Gasteiger partial charge in [0.25, 0.3) is 17.6 Å². The summed E-state index contributed by atoms with van der Waals surface area (Å²) in [7, 11) is 0. The van der Waals surface area contributed by atoms with E-state index in [1.807, 2.05) is 6.07 Å². The third-order valence-corrected chi connectivity index (χ3v) is 6.39. The van der Waals surface area contributed by atoms with Crippen molar-refractivity contribution < 1.29 is 32.3 Å². The number of para-hydroxylation sites is 1. The molecular formula is C28H23F3N4O4. The van der Waals surface area contributed by atoms with E-state index in [9.17, 15) is 27.6 Å². The number of nitrogens with zero attached hydrogens (tertiary/aromatic N) is 2. The fourth-order valence-corrected chi connectivity index (χ4v) is 4.46. The minimum atomic E-state index is -4.64. The van der Waals surface area contributed by atoms with E-state index >= 15 is 0 Å². The molecule has 5 rings (SSSR count). The van der Waals surface area contributed by atoms with Crippen LogP contribution in [-0.2, 0) is 20.5 Å². The quantitative estimate of drug-likeness (QED) is 0.383. The van der Waals surface area contributed by atoms with Gasteiger partial charge in [0.05, 0.1) is 35.7 Å². The number of benzodiazepines with no additional fused rings is 1. The molecule has 0 bridgehead atoms. The molecule has 11 heteroatoms. The number of amides is 2. The van der Waals surface area contributed by atoms with Crippen LogP contribution in [0.15, 0.2) is 77.8 Å². The minimum absolute atomic E-state index is 0.0283. The van der Waals surface area contributed by atoms with Crippen LogP contribution < -0.4 is 15.5 Å². The highest BCUT2D eigenvalue weighted by atomic mass is 19.4. The first-order valence-electron chi connectivity index (χ1n) is 12.1. The number of fused-ring (bicyclic) bond motifs is 1. The smallest absolute Gasteiger partial charge is 0.378 e. The number of Topliss-reactive ketones (excluding diaryl/α,β-unsaturated/α-hetero) is 1. The zero-order chi connectivity index (χ0) is 27.6. The number of aliphatic imine (C=N–C) groups is 1. The summed E-state index contributed by atoms with van der Waals surface area (Å²) in [6.45, 7) is 1.01. The highest BCUT2D eigenvalue weighted by Gasteiger charge is 2.34. The molecule has 0 aliphatic carbocycles. The van der Waals surface area contributed by atoms with Crippen molar-refractivity contribution in [3.05, 3.63) is 95.1 Å². The van der Waals surface area contributed by atoms with E-state index in [0.29, 0.717) is 22.5 Å². The standard InChI is InChI=1S/C28H23F3N4O4/c29-28(30,31)18-10-11-20(22(16-18)35-12-14-39-15-13-35)24(36)26(37)34-25-27(38)32-21-9-5-4-8-19(21)23(33-25)17-6-2-1-3-7-17/h1-11,16,25H,12-15H2,(H,32,38)(H,34,37). The van der Waals surface area contributed by atoms with Gasteiger partial charge in [0.15, 0.2) is 0 Å². The number of hydrogen-bond donors (Lipinski definition) is 2. The van der Waals surface area contributed by atoms with Crippen molar-refractivity contribution in [3.63, 3.8) is 0 Å². The summed E-state index contributed by atoms with van der Waals surface area (Å²) in [4.78, 5) is 45.5. The molecule has 200 valence electrons. The molecule has 2 aliphatic rings. The number of nitrogens with one attached hydrogen (secondary N) is 2. The number of hydrogen-bond acceptors (Lipinski definition) is 6. The Balaban J connectivity index is 1.47. The molecule has 1 unspecified atom stereocenters. The molecule has 2 heterocycles. The van der Waals surface area contributed by atoms with Crippen LogP contribution >= 0.6 is 0 Å². The molecule has 0 aromatic heterocycles. The van der Waals surface area contributed by atoms with Crippen molar-refractivity contribution in [2.75, 3.05) is 36.5 Å². The SMILES string of the molecule is O=C(NC1N=C(c2ccccc2)c2ccccc2NC1=O)C(=O)c1ccc(C(F)(F)F)cc1N1CCOCC1. The van der Waals surface area contributed by atoms with Gasteiger partial charge in [-0.05, 0) is 24.3 Å². The number of anilines is 2. The van der Waals surface area contributed by atoms with Crippen LogP contribution in [0.4, 0.5) is 24.5 Å². The molecule has 1 fully saturated rings. The average Bonchev–Trinajstić information content (AvgIpc) is 3.08. The second kappa shape index (κ2) is 10.7. The van der Waals surface area contributed by atoms with Crippen molar-refractivity contribution in [3.8, 4) is 0 Å². The Hall–Kier alpha value is -4.51. The Labute approximate surface area is 221 Å². The van der Waals surface area contributed by atoms with Gasteiger partial charge in [0.2, 0.25) is 6.17 Å². The zero-order valence-corrected chi connectivity index (χ0v) is 20.5. The number of ether oxygens (including phenoxy) is 1. The van der Waals surface area contributed by atoms with Crippen molar-refractivity contribution in [2.24, 2.45) is 4.99 Å². The molecule has 1 saturated heterocycles. The number of carbonyl (C=O) groups excluding carboxylic acids is 3. The van der Waals surface area contributed by atoms with Crippen LogP contribution in [0.5, 0.6) is 0 Å². The number of alkyl halides is 3. The number of morpholine rings is 1. The Bertz CT molecular complexity index is 1450. The second-order valence-electron chi connectivity index (χ2n) is 8.91. The zero-order valence-electron chi connectivity index (χ0n) is 20.5. The number of benzene rings is 3. The predicted molar refractivity (Wildman–Crippen MR) is 138 cm³/mol. The third kappa shape index (κ3) is 5.53. The van der Waals surface area contributed by atoms with E-state index in [2.05, 4.69) is 15.6 Å². The van der Waals surface area contributed by atoms with Gasteiger partial charge in [0.1, 0.15) is 0 Å². The molecule has 1 atom stereocenters. The number of ketones is 1. The van der Waals surface area contributed by atoms with Gasteiger partial charge in [0, 0.05) is 29.9 Å². The Morgan fingerprint density at radius 3 is 2.38 bits per heavy atom. The predicted octanol–water partition coefficient (Wildman–Crippen LogP) is 3.66. The lowest BCUT2D eigenvalue weighted by Crippen LogP contribution is -2.45. The lowest BCUT2D eigenvalue weighted by Gasteiger charge is -2.30. The molecule has 3 aromatic carbocycles. The van der Waals surface area contributed by atoms with Crippen molar-refractivity contribution in [1.82, 2.24) is 5.32 Å². The first kappa shape index (κ1) is 26.1. The van der Waals surface area contributed by atoms with Crippen LogP contribution in [0.1, 0.15) is 27.0 Å². The average molecular weight is 537 g/mol. The number of rotatable bonds is 5. The van der Waals surface area contributed by atoms with Gasteiger partial charge in [-0.25, -0.2) is 4.99 Å². The Morgan fingerprint density at radius 1 is 0.974 bits per heavy atom. The molecule has 0 spiro atoms. The maximum absolute atomic E-state index is 13.4. The van der Waals surface area contributed by atoms with Gasteiger partial charge < -0.3 is 20.3 Å². The van der Waals surface area contributed by atoms with E-state index in [4.69, 9.17) is 4.74 Å². The fourth-order valence-electron chi connectivity index (χ4n) is 4.46. The molecule has 0 radical (unpaired) electrons. The van der Waals surface area contributed by atoms with Gasteiger partial charge in [-0.2, -0.15) is 13.2 Å². The molecule has 2 amide bonds. The first-order valence-corrected chi connectivity index (χ1v) is 12.1. The summed E-state index contributed by atoms with van der Waals surface area (Å²) in [6.07, 6.45) is -6.11. The Morgan fingerprint density at radius 2 is 1.67 bits per heavy atom. The first-order chi connectivity index (χ1) is 18.7. The summed E-state index contributed by atoms with van der Waals surface area (Å²) in [5, 5.41) is 5.08. The summed E-state index contributed by atoms with van der Waals surface area (Å²) in [5.41, 5.74) is 1.02. The maximum Gasteiger partial charge on any atom is 0.416 e. The van der Waals surface area contributed by atoms with Gasteiger partial charge in [-0.3, -0.25) is 14.4 Å². The van der Waals surface area contributed by atoms with Gasteiger partial charge in [-0.1, -0.05) is 48.5 Å². The normalized spacial score (nSPS) is 17.4. The number of halogens is 3. The minimum Gasteiger partial charge on any atom is -0.378 e. The summed E-state index contributed by atoms with van der Waals surface area (Å²) in [6, 6.07) is 18.6.